The topological polar surface area (TPSA) is 90.9 Å². The van der Waals surface area contributed by atoms with E-state index >= 15 is 0 Å². The molecule has 42 heavy (non-hydrogen) atoms. The number of hydrogen-bond acceptors (Lipinski definition) is 7. The molecular formula is C33H41NO6S2. The molecule has 0 radical (unpaired) electrons. The van der Waals surface area contributed by atoms with Crippen molar-refractivity contribution in [2.45, 2.75) is 57.3 Å². The van der Waals surface area contributed by atoms with Gasteiger partial charge in [-0.25, -0.2) is 4.79 Å². The second kappa shape index (κ2) is 16.4. The molecule has 0 aromatic heterocycles. The highest BCUT2D eigenvalue weighted by Gasteiger charge is 2.24. The zero-order chi connectivity index (χ0) is 30.4. The number of thioether (sulfide) groups is 1. The van der Waals surface area contributed by atoms with Gasteiger partial charge in [-0.2, -0.15) is 20.2 Å². The van der Waals surface area contributed by atoms with Crippen LogP contribution in [0.4, 0.5) is 4.79 Å². The van der Waals surface area contributed by atoms with E-state index in [1.807, 2.05) is 93.6 Å². The Labute approximate surface area is 254 Å². The monoisotopic (exact) mass is 611 g/mol. The first-order valence-corrected chi connectivity index (χ1v) is 16.4. The van der Waals surface area contributed by atoms with Crippen LogP contribution in [0.25, 0.3) is 0 Å². The summed E-state index contributed by atoms with van der Waals surface area (Å²) in [5, 5.41) is 3.78. The summed E-state index contributed by atoms with van der Waals surface area (Å²) in [5.74, 6) is 1.43. The van der Waals surface area contributed by atoms with Gasteiger partial charge < -0.3 is 14.8 Å². The van der Waals surface area contributed by atoms with Crippen molar-refractivity contribution in [3.05, 3.63) is 113 Å². The lowest BCUT2D eigenvalue weighted by molar-refractivity contribution is 0.137. The number of amides is 1. The Morgan fingerprint density at radius 2 is 1.52 bits per heavy atom. The van der Waals surface area contributed by atoms with Crippen molar-refractivity contribution in [3.63, 3.8) is 0 Å². The summed E-state index contributed by atoms with van der Waals surface area (Å²) < 4.78 is 41.5. The molecule has 0 fully saturated rings. The number of benzene rings is 3. The molecule has 226 valence electrons. The van der Waals surface area contributed by atoms with Crippen molar-refractivity contribution >= 4 is 28.0 Å². The predicted octanol–water partition coefficient (Wildman–Crippen LogP) is 7.13. The Morgan fingerprint density at radius 3 is 2.12 bits per heavy atom. The average Bonchev–Trinajstić information content (AvgIpc) is 2.98. The molecule has 2 atom stereocenters. The standard InChI is InChI=1S/C33H41NO6S2/c1-33(2,3)25-40-42(36,37)22-21-30(34-32(35)39-23-27-13-9-6-10-14-27)31(20-17-26-11-7-5-8-12-26)41-24-28-15-18-29(38-4)19-16-28/h5-16,18-19,21-22,30-31H,17,20,23-25H2,1-4H3,(H,34,35)/b22-21+/t30-,31-/m1/s1. The van der Waals surface area contributed by atoms with Crippen molar-refractivity contribution < 1.29 is 26.9 Å². The van der Waals surface area contributed by atoms with E-state index in [2.05, 4.69) is 17.4 Å². The number of aryl methyl sites for hydroxylation is 1. The first kappa shape index (κ1) is 33.2. The third kappa shape index (κ3) is 12.7. The second-order valence-corrected chi connectivity index (χ2v) is 13.8. The molecule has 1 N–H and O–H groups in total. The van der Waals surface area contributed by atoms with E-state index in [0.29, 0.717) is 12.2 Å². The van der Waals surface area contributed by atoms with Gasteiger partial charge in [-0.1, -0.05) is 93.6 Å². The maximum Gasteiger partial charge on any atom is 0.407 e. The van der Waals surface area contributed by atoms with Gasteiger partial charge in [-0.15, -0.1) is 0 Å². The Kier molecular flexibility index (Phi) is 13.0. The normalized spacial score (nSPS) is 13.4. The van der Waals surface area contributed by atoms with Gasteiger partial charge in [0.15, 0.2) is 0 Å². The van der Waals surface area contributed by atoms with Crippen LogP contribution in [0.2, 0.25) is 0 Å². The summed E-state index contributed by atoms with van der Waals surface area (Å²) in [6.07, 6.45) is 2.30. The minimum Gasteiger partial charge on any atom is -0.497 e. The lowest BCUT2D eigenvalue weighted by atomic mass is 9.99. The summed E-state index contributed by atoms with van der Waals surface area (Å²) in [4.78, 5) is 13.0. The van der Waals surface area contributed by atoms with Gasteiger partial charge in [0.2, 0.25) is 0 Å². The molecule has 0 saturated carbocycles. The van der Waals surface area contributed by atoms with E-state index in [1.54, 1.807) is 18.9 Å². The second-order valence-electron chi connectivity index (χ2n) is 11.1. The molecule has 0 aliphatic heterocycles. The summed E-state index contributed by atoms with van der Waals surface area (Å²) in [7, 11) is -2.35. The van der Waals surface area contributed by atoms with Crippen molar-refractivity contribution in [1.29, 1.82) is 0 Å². The maximum absolute atomic E-state index is 13.0. The first-order chi connectivity index (χ1) is 20.0. The average molecular weight is 612 g/mol. The zero-order valence-corrected chi connectivity index (χ0v) is 26.3. The zero-order valence-electron chi connectivity index (χ0n) is 24.7. The third-order valence-electron chi connectivity index (χ3n) is 6.19. The first-order valence-electron chi connectivity index (χ1n) is 13.9. The van der Waals surface area contributed by atoms with Crippen LogP contribution in [0.5, 0.6) is 5.75 Å². The van der Waals surface area contributed by atoms with Gasteiger partial charge in [-0.3, -0.25) is 4.18 Å². The van der Waals surface area contributed by atoms with Crippen LogP contribution in [0.15, 0.2) is 96.4 Å². The lowest BCUT2D eigenvalue weighted by Gasteiger charge is -2.26. The molecule has 3 aromatic carbocycles. The molecule has 1 amide bonds. The van der Waals surface area contributed by atoms with Crippen LogP contribution in [-0.2, 0) is 37.8 Å². The molecule has 0 bridgehead atoms. The summed E-state index contributed by atoms with van der Waals surface area (Å²) >= 11 is 1.64. The van der Waals surface area contributed by atoms with Crippen LogP contribution in [0.3, 0.4) is 0 Å². The fourth-order valence-electron chi connectivity index (χ4n) is 3.89. The molecule has 7 nitrogen and oxygen atoms in total. The molecule has 3 aromatic rings. The van der Waals surface area contributed by atoms with Crippen LogP contribution < -0.4 is 10.1 Å². The van der Waals surface area contributed by atoms with Crippen molar-refractivity contribution in [3.8, 4) is 5.75 Å². The molecule has 0 heterocycles. The molecule has 3 rings (SSSR count). The Hall–Kier alpha value is -3.27. The van der Waals surface area contributed by atoms with Crippen molar-refractivity contribution in [2.24, 2.45) is 5.41 Å². The van der Waals surface area contributed by atoms with Gasteiger partial charge in [-0.05, 0) is 53.2 Å². The van der Waals surface area contributed by atoms with E-state index < -0.39 is 22.3 Å². The number of methoxy groups -OCH3 is 1. The van der Waals surface area contributed by atoms with Crippen molar-refractivity contribution in [2.75, 3.05) is 13.7 Å². The van der Waals surface area contributed by atoms with E-state index in [9.17, 15) is 13.2 Å². The minimum atomic E-state index is -3.97. The van der Waals surface area contributed by atoms with Crippen LogP contribution >= 0.6 is 11.8 Å². The number of ether oxygens (including phenoxy) is 2. The highest BCUT2D eigenvalue weighted by molar-refractivity contribution is 7.99. The van der Waals surface area contributed by atoms with Gasteiger partial charge in [0.1, 0.15) is 12.4 Å². The molecule has 0 saturated heterocycles. The highest BCUT2D eigenvalue weighted by atomic mass is 32.2. The number of rotatable bonds is 15. The Balaban J connectivity index is 1.82. The molecular weight excluding hydrogens is 570 g/mol. The quantitative estimate of drug-likeness (QED) is 0.183. The maximum atomic E-state index is 13.0. The van der Waals surface area contributed by atoms with Gasteiger partial charge in [0.25, 0.3) is 10.1 Å². The smallest absolute Gasteiger partial charge is 0.407 e. The molecule has 0 aliphatic carbocycles. The van der Waals surface area contributed by atoms with Crippen LogP contribution in [0, 0.1) is 5.41 Å². The Bertz CT molecular complexity index is 1360. The highest BCUT2D eigenvalue weighted by Crippen LogP contribution is 2.27. The number of carbonyl (C=O) groups is 1. The number of hydrogen-bond donors (Lipinski definition) is 1. The number of carbonyl (C=O) groups excluding carboxylic acids is 1. The molecule has 0 unspecified atom stereocenters. The van der Waals surface area contributed by atoms with Gasteiger partial charge in [0, 0.05) is 11.0 Å². The molecule has 0 spiro atoms. The van der Waals surface area contributed by atoms with E-state index in [1.165, 1.54) is 6.08 Å². The minimum absolute atomic E-state index is 0.0422. The largest absolute Gasteiger partial charge is 0.497 e. The molecule has 9 heteroatoms. The van der Waals surface area contributed by atoms with Crippen LogP contribution in [-0.4, -0.2) is 39.5 Å². The Morgan fingerprint density at radius 1 is 0.905 bits per heavy atom. The summed E-state index contributed by atoms with van der Waals surface area (Å²) in [6.45, 7) is 5.84. The fourth-order valence-corrected chi connectivity index (χ4v) is 6.10. The fraction of sp³-hybridized carbons (Fsp3) is 0.364. The lowest BCUT2D eigenvalue weighted by Crippen LogP contribution is -2.41. The molecule has 0 aliphatic rings. The number of nitrogens with one attached hydrogen (secondary N) is 1. The van der Waals surface area contributed by atoms with E-state index in [4.69, 9.17) is 13.7 Å². The number of alkyl carbamates (subject to hydrolysis) is 1. The summed E-state index contributed by atoms with van der Waals surface area (Å²) in [5.41, 5.74) is 2.77. The van der Waals surface area contributed by atoms with E-state index in [-0.39, 0.29) is 23.9 Å². The third-order valence-corrected chi connectivity index (χ3v) is 8.58. The predicted molar refractivity (Wildman–Crippen MR) is 170 cm³/mol. The van der Waals surface area contributed by atoms with Gasteiger partial charge in [0.05, 0.1) is 25.2 Å². The SMILES string of the molecule is COc1ccc(CS[C@H](CCc2ccccc2)[C@@H](/C=C/S(=O)(=O)OCC(C)(C)C)NC(=O)OCc2ccccc2)cc1. The van der Waals surface area contributed by atoms with Crippen LogP contribution in [0.1, 0.15) is 43.9 Å². The summed E-state index contributed by atoms with van der Waals surface area (Å²) in [6, 6.07) is 26.6. The van der Waals surface area contributed by atoms with E-state index in [0.717, 1.165) is 34.3 Å². The van der Waals surface area contributed by atoms with Crippen molar-refractivity contribution in [1.82, 2.24) is 5.32 Å². The van der Waals surface area contributed by atoms with Gasteiger partial charge >= 0.3 is 6.09 Å².